The molecule has 2 rings (SSSR count). The Kier molecular flexibility index (Phi) is 5.20. The minimum absolute atomic E-state index is 0.00241. The molecule has 0 aliphatic rings. The van der Waals surface area contributed by atoms with E-state index in [0.717, 1.165) is 16.9 Å². The van der Waals surface area contributed by atoms with Crippen molar-refractivity contribution < 1.29 is 9.47 Å². The van der Waals surface area contributed by atoms with Gasteiger partial charge in [-0.2, -0.15) is 0 Å². The van der Waals surface area contributed by atoms with Gasteiger partial charge in [-0.05, 0) is 29.3 Å². The van der Waals surface area contributed by atoms with E-state index in [1.165, 1.54) is 0 Å². The molecule has 0 unspecified atom stereocenters. The third-order valence-corrected chi connectivity index (χ3v) is 3.40. The van der Waals surface area contributed by atoms with Crippen LogP contribution in [-0.2, 0) is 18.0 Å². The van der Waals surface area contributed by atoms with E-state index < -0.39 is 0 Å². The van der Waals surface area contributed by atoms with E-state index in [2.05, 4.69) is 0 Å². The van der Waals surface area contributed by atoms with Gasteiger partial charge in [-0.15, -0.1) is 0 Å². The van der Waals surface area contributed by atoms with Crippen LogP contribution in [0.2, 0.25) is 5.02 Å². The summed E-state index contributed by atoms with van der Waals surface area (Å²) in [6.45, 7) is 0.901. The maximum atomic E-state index is 7.36. The van der Waals surface area contributed by atoms with E-state index >= 15 is 0 Å². The fourth-order valence-corrected chi connectivity index (χ4v) is 2.07. The second-order valence-electron chi connectivity index (χ2n) is 4.56. The van der Waals surface area contributed by atoms with Crippen LogP contribution in [0.4, 0.5) is 0 Å². The van der Waals surface area contributed by atoms with Crippen molar-refractivity contribution in [3.05, 3.63) is 64.2 Å². The Morgan fingerprint density at radius 2 is 1.86 bits per heavy atom. The predicted molar refractivity (Wildman–Crippen MR) is 84.0 cm³/mol. The summed E-state index contributed by atoms with van der Waals surface area (Å²) in [5.74, 6) is 0.823. The molecule has 0 saturated carbocycles. The van der Waals surface area contributed by atoms with Gasteiger partial charge in [-0.3, -0.25) is 5.41 Å². The maximum absolute atomic E-state index is 7.36. The van der Waals surface area contributed by atoms with Crippen LogP contribution in [0.3, 0.4) is 0 Å². The summed E-state index contributed by atoms with van der Waals surface area (Å²) >= 11 is 6.15. The lowest BCUT2D eigenvalue weighted by atomic mass is 10.1. The molecule has 21 heavy (non-hydrogen) atoms. The number of nitrogen functional groups attached to an aromatic ring is 1. The topological polar surface area (TPSA) is 68.3 Å². The average molecular weight is 305 g/mol. The van der Waals surface area contributed by atoms with E-state index in [4.69, 9.17) is 32.2 Å². The van der Waals surface area contributed by atoms with Gasteiger partial charge >= 0.3 is 0 Å². The van der Waals surface area contributed by atoms with Gasteiger partial charge in [0.05, 0.1) is 20.3 Å². The number of ether oxygens (including phenoxy) is 2. The number of nitrogens with one attached hydrogen (secondary N) is 1. The summed E-state index contributed by atoms with van der Waals surface area (Å²) in [4.78, 5) is 0. The van der Waals surface area contributed by atoms with E-state index in [0.29, 0.717) is 23.8 Å². The first-order valence-corrected chi connectivity index (χ1v) is 6.81. The molecule has 4 nitrogen and oxygen atoms in total. The Bertz CT molecular complexity index is 627. The van der Waals surface area contributed by atoms with Crippen LogP contribution < -0.4 is 10.5 Å². The summed E-state index contributed by atoms with van der Waals surface area (Å²) < 4.78 is 10.8. The molecule has 0 spiro atoms. The molecule has 0 fully saturated rings. The summed E-state index contributed by atoms with van der Waals surface area (Å²) in [5, 5.41) is 7.92. The normalized spacial score (nSPS) is 10.4. The largest absolute Gasteiger partial charge is 0.497 e. The zero-order chi connectivity index (χ0) is 15.2. The SMILES string of the molecule is COc1ccc(COCc2ccc(C(=N)N)cc2Cl)cc1. The minimum Gasteiger partial charge on any atom is -0.497 e. The molecule has 0 bridgehead atoms. The number of halogens is 1. The second kappa shape index (κ2) is 7.11. The molecule has 0 radical (unpaired) electrons. The van der Waals surface area contributed by atoms with Gasteiger partial charge < -0.3 is 15.2 Å². The van der Waals surface area contributed by atoms with Crippen molar-refractivity contribution in [3.63, 3.8) is 0 Å². The number of hydrogen-bond donors (Lipinski definition) is 2. The third kappa shape index (κ3) is 4.21. The van der Waals surface area contributed by atoms with Gasteiger partial charge in [0.25, 0.3) is 0 Å². The van der Waals surface area contributed by atoms with Gasteiger partial charge in [-0.25, -0.2) is 0 Å². The quantitative estimate of drug-likeness (QED) is 0.635. The van der Waals surface area contributed by atoms with Crippen molar-refractivity contribution >= 4 is 17.4 Å². The first kappa shape index (κ1) is 15.4. The van der Waals surface area contributed by atoms with E-state index in [1.807, 2.05) is 30.3 Å². The van der Waals surface area contributed by atoms with Crippen molar-refractivity contribution in [1.82, 2.24) is 0 Å². The monoisotopic (exact) mass is 304 g/mol. The zero-order valence-electron chi connectivity index (χ0n) is 11.7. The highest BCUT2D eigenvalue weighted by Crippen LogP contribution is 2.19. The molecule has 2 aromatic carbocycles. The predicted octanol–water partition coefficient (Wildman–Crippen LogP) is 3.35. The molecular formula is C16H17ClN2O2. The van der Waals surface area contributed by atoms with Crippen LogP contribution in [0.15, 0.2) is 42.5 Å². The Labute approximate surface area is 129 Å². The zero-order valence-corrected chi connectivity index (χ0v) is 12.5. The van der Waals surface area contributed by atoms with Crippen molar-refractivity contribution in [3.8, 4) is 5.75 Å². The molecule has 2 aromatic rings. The highest BCUT2D eigenvalue weighted by atomic mass is 35.5. The van der Waals surface area contributed by atoms with Crippen molar-refractivity contribution in [2.24, 2.45) is 5.73 Å². The maximum Gasteiger partial charge on any atom is 0.122 e. The minimum atomic E-state index is 0.00241. The lowest BCUT2D eigenvalue weighted by Gasteiger charge is -2.08. The Balaban J connectivity index is 1.92. The molecule has 0 heterocycles. The number of nitrogens with two attached hydrogens (primary N) is 1. The van der Waals surface area contributed by atoms with Gasteiger partial charge in [0.15, 0.2) is 0 Å². The first-order valence-electron chi connectivity index (χ1n) is 6.43. The van der Waals surface area contributed by atoms with Crippen LogP contribution in [0.5, 0.6) is 5.75 Å². The van der Waals surface area contributed by atoms with Crippen molar-refractivity contribution in [2.45, 2.75) is 13.2 Å². The Morgan fingerprint density at radius 1 is 1.14 bits per heavy atom. The number of amidine groups is 1. The molecule has 110 valence electrons. The summed E-state index contributed by atoms with van der Waals surface area (Å²) in [6.07, 6.45) is 0. The molecule has 0 aliphatic carbocycles. The van der Waals surface area contributed by atoms with E-state index in [1.54, 1.807) is 19.2 Å². The van der Waals surface area contributed by atoms with Crippen molar-refractivity contribution in [2.75, 3.05) is 7.11 Å². The molecule has 0 atom stereocenters. The highest BCUT2D eigenvalue weighted by molar-refractivity contribution is 6.31. The third-order valence-electron chi connectivity index (χ3n) is 3.05. The van der Waals surface area contributed by atoms with Crippen LogP contribution in [0.1, 0.15) is 16.7 Å². The van der Waals surface area contributed by atoms with Crippen LogP contribution in [-0.4, -0.2) is 12.9 Å². The van der Waals surface area contributed by atoms with Gasteiger partial charge in [0, 0.05) is 10.6 Å². The van der Waals surface area contributed by atoms with E-state index in [9.17, 15) is 0 Å². The summed E-state index contributed by atoms with van der Waals surface area (Å²) in [5.41, 5.74) is 7.96. The molecular weight excluding hydrogens is 288 g/mol. The first-order chi connectivity index (χ1) is 10.1. The van der Waals surface area contributed by atoms with E-state index in [-0.39, 0.29) is 5.84 Å². The smallest absolute Gasteiger partial charge is 0.122 e. The van der Waals surface area contributed by atoms with Gasteiger partial charge in [-0.1, -0.05) is 35.9 Å². The molecule has 0 aromatic heterocycles. The van der Waals surface area contributed by atoms with Crippen LogP contribution >= 0.6 is 11.6 Å². The number of benzene rings is 2. The number of hydrogen-bond acceptors (Lipinski definition) is 3. The lowest BCUT2D eigenvalue weighted by molar-refractivity contribution is 0.107. The molecule has 5 heteroatoms. The Morgan fingerprint density at radius 3 is 2.43 bits per heavy atom. The standard InChI is InChI=1S/C16H17ClN2O2/c1-20-14-6-2-11(3-7-14)9-21-10-13-5-4-12(16(18)19)8-15(13)17/h2-8H,9-10H2,1H3,(H3,18,19). The number of methoxy groups -OCH3 is 1. The molecule has 3 N–H and O–H groups in total. The average Bonchev–Trinajstić information content (AvgIpc) is 2.49. The Hall–Kier alpha value is -2.04. The highest BCUT2D eigenvalue weighted by Gasteiger charge is 2.04. The molecule has 0 saturated heterocycles. The van der Waals surface area contributed by atoms with Crippen LogP contribution in [0.25, 0.3) is 0 Å². The van der Waals surface area contributed by atoms with Gasteiger partial charge in [0.2, 0.25) is 0 Å². The number of rotatable bonds is 6. The van der Waals surface area contributed by atoms with Crippen LogP contribution in [0, 0.1) is 5.41 Å². The second-order valence-corrected chi connectivity index (χ2v) is 4.97. The lowest BCUT2D eigenvalue weighted by Crippen LogP contribution is -2.11. The van der Waals surface area contributed by atoms with Crippen molar-refractivity contribution in [1.29, 1.82) is 5.41 Å². The molecule has 0 aliphatic heterocycles. The summed E-state index contributed by atoms with van der Waals surface area (Å²) in [7, 11) is 1.64. The fraction of sp³-hybridized carbons (Fsp3) is 0.188. The summed E-state index contributed by atoms with van der Waals surface area (Å²) in [6, 6.07) is 13.0. The van der Waals surface area contributed by atoms with Gasteiger partial charge in [0.1, 0.15) is 11.6 Å². The molecule has 0 amide bonds. The fourth-order valence-electron chi connectivity index (χ4n) is 1.83.